The van der Waals surface area contributed by atoms with Crippen molar-refractivity contribution in [2.24, 2.45) is 5.92 Å². The van der Waals surface area contributed by atoms with Crippen molar-refractivity contribution in [3.63, 3.8) is 0 Å². The van der Waals surface area contributed by atoms with Crippen molar-refractivity contribution in [3.8, 4) is 17.3 Å². The Morgan fingerprint density at radius 1 is 1.11 bits per heavy atom. The van der Waals surface area contributed by atoms with Gasteiger partial charge in [0.05, 0.1) is 29.7 Å². The van der Waals surface area contributed by atoms with Gasteiger partial charge in [-0.2, -0.15) is 10.4 Å². The number of benzene rings is 1. The van der Waals surface area contributed by atoms with E-state index in [0.717, 1.165) is 61.3 Å². The first kappa shape index (κ1) is 24.4. The molecule has 1 saturated carbocycles. The van der Waals surface area contributed by atoms with Gasteiger partial charge < -0.3 is 15.5 Å². The number of hydrogen-bond acceptors (Lipinski definition) is 7. The van der Waals surface area contributed by atoms with Gasteiger partial charge in [0.2, 0.25) is 11.9 Å². The molecule has 37 heavy (non-hydrogen) atoms. The number of carbonyl (C=O) groups is 2. The third-order valence-corrected chi connectivity index (χ3v) is 6.87. The van der Waals surface area contributed by atoms with Gasteiger partial charge in [0.1, 0.15) is 6.04 Å². The molecule has 2 N–H and O–H groups in total. The van der Waals surface area contributed by atoms with E-state index in [2.05, 4.69) is 20.7 Å². The highest BCUT2D eigenvalue weighted by Gasteiger charge is 2.35. The lowest BCUT2D eigenvalue weighted by Gasteiger charge is -2.32. The Kier molecular flexibility index (Phi) is 6.86. The number of nitrogens with one attached hydrogen (secondary N) is 2. The minimum Gasteiger partial charge on any atom is -0.342 e. The zero-order chi connectivity index (χ0) is 25.9. The van der Waals surface area contributed by atoms with E-state index in [-0.39, 0.29) is 17.9 Å². The summed E-state index contributed by atoms with van der Waals surface area (Å²) in [6.45, 7) is 5.14. The number of piperidine rings is 1. The molecule has 5 rings (SSSR count). The van der Waals surface area contributed by atoms with Crippen LogP contribution in [0.15, 0.2) is 42.9 Å². The Labute approximate surface area is 215 Å². The first-order valence-electron chi connectivity index (χ1n) is 12.7. The Balaban J connectivity index is 1.23. The van der Waals surface area contributed by atoms with Gasteiger partial charge in [0.15, 0.2) is 0 Å². The van der Waals surface area contributed by atoms with E-state index in [1.807, 2.05) is 40.9 Å². The fourth-order valence-corrected chi connectivity index (χ4v) is 4.56. The number of nitriles is 1. The van der Waals surface area contributed by atoms with Crippen LogP contribution in [0.3, 0.4) is 0 Å². The molecular weight excluding hydrogens is 468 g/mol. The summed E-state index contributed by atoms with van der Waals surface area (Å²) in [6, 6.07) is 8.81. The Morgan fingerprint density at radius 3 is 2.51 bits per heavy atom. The summed E-state index contributed by atoms with van der Waals surface area (Å²) in [4.78, 5) is 35.7. The van der Waals surface area contributed by atoms with Gasteiger partial charge >= 0.3 is 0 Å². The third-order valence-electron chi connectivity index (χ3n) is 6.87. The van der Waals surface area contributed by atoms with Crippen molar-refractivity contribution < 1.29 is 9.59 Å². The fourth-order valence-electron chi connectivity index (χ4n) is 4.56. The SMILES string of the molecule is Cc1cnc(Nc2cnn(C3CCN(C(=O)C4CC4)CC3)c2)nc1-c1ccc(C(=O)N[C@@H](C)C#N)cc1. The monoisotopic (exact) mass is 498 g/mol. The van der Waals surface area contributed by atoms with Gasteiger partial charge in [-0.3, -0.25) is 14.3 Å². The normalized spacial score (nSPS) is 16.6. The van der Waals surface area contributed by atoms with Crippen LogP contribution < -0.4 is 10.6 Å². The molecule has 2 fully saturated rings. The summed E-state index contributed by atoms with van der Waals surface area (Å²) < 4.78 is 1.97. The fraction of sp³-hybridized carbons (Fsp3) is 0.407. The molecule has 10 nitrogen and oxygen atoms in total. The Morgan fingerprint density at radius 2 is 1.84 bits per heavy atom. The predicted octanol–water partition coefficient (Wildman–Crippen LogP) is 3.61. The van der Waals surface area contributed by atoms with Crippen molar-refractivity contribution >= 4 is 23.5 Å². The van der Waals surface area contributed by atoms with E-state index in [1.54, 1.807) is 31.5 Å². The van der Waals surface area contributed by atoms with Gasteiger partial charge in [-0.1, -0.05) is 12.1 Å². The number of anilines is 2. The van der Waals surface area contributed by atoms with Gasteiger partial charge in [0.25, 0.3) is 5.91 Å². The topological polar surface area (TPSA) is 129 Å². The number of rotatable bonds is 7. The van der Waals surface area contributed by atoms with E-state index in [0.29, 0.717) is 17.4 Å². The maximum Gasteiger partial charge on any atom is 0.252 e. The minimum atomic E-state index is -0.557. The Hall–Kier alpha value is -4.26. The van der Waals surface area contributed by atoms with Gasteiger partial charge in [-0.15, -0.1) is 0 Å². The largest absolute Gasteiger partial charge is 0.342 e. The van der Waals surface area contributed by atoms with Crippen LogP contribution in [-0.4, -0.2) is 55.6 Å². The molecule has 0 unspecified atom stereocenters. The highest BCUT2D eigenvalue weighted by atomic mass is 16.2. The lowest BCUT2D eigenvalue weighted by Crippen LogP contribution is -2.39. The van der Waals surface area contributed by atoms with Crippen molar-refractivity contribution in [1.82, 2.24) is 30.0 Å². The highest BCUT2D eigenvalue weighted by molar-refractivity contribution is 5.95. The molecule has 1 aliphatic heterocycles. The molecule has 2 amide bonds. The van der Waals surface area contributed by atoms with Gasteiger partial charge in [-0.25, -0.2) is 9.97 Å². The molecule has 1 aliphatic carbocycles. The van der Waals surface area contributed by atoms with Crippen molar-refractivity contribution in [2.75, 3.05) is 18.4 Å². The molecule has 190 valence electrons. The van der Waals surface area contributed by atoms with Crippen LogP contribution >= 0.6 is 0 Å². The van der Waals surface area contributed by atoms with Crippen molar-refractivity contribution in [2.45, 2.75) is 51.6 Å². The first-order chi connectivity index (χ1) is 17.9. The Bertz CT molecular complexity index is 1330. The third kappa shape index (κ3) is 5.61. The van der Waals surface area contributed by atoms with Gasteiger partial charge in [-0.05, 0) is 57.2 Å². The summed E-state index contributed by atoms with van der Waals surface area (Å²) in [6.07, 6.45) is 9.36. The van der Waals surface area contributed by atoms with Crippen molar-refractivity contribution in [1.29, 1.82) is 5.26 Å². The zero-order valence-corrected chi connectivity index (χ0v) is 21.0. The lowest BCUT2D eigenvalue weighted by molar-refractivity contribution is -0.133. The number of nitrogens with zero attached hydrogens (tertiary/aromatic N) is 6. The number of hydrogen-bond donors (Lipinski definition) is 2. The van der Waals surface area contributed by atoms with Gasteiger partial charge in [0, 0.05) is 42.5 Å². The van der Waals surface area contributed by atoms with Crippen LogP contribution in [0.1, 0.15) is 54.6 Å². The summed E-state index contributed by atoms with van der Waals surface area (Å²) >= 11 is 0. The van der Waals surface area contributed by atoms with Crippen LogP contribution in [0, 0.1) is 24.2 Å². The molecule has 10 heteroatoms. The van der Waals surface area contributed by atoms with E-state index >= 15 is 0 Å². The van der Waals surface area contributed by atoms with E-state index in [1.165, 1.54) is 0 Å². The lowest BCUT2D eigenvalue weighted by atomic mass is 10.0. The second kappa shape index (κ2) is 10.4. The molecule has 1 saturated heterocycles. The zero-order valence-electron chi connectivity index (χ0n) is 21.0. The maximum absolute atomic E-state index is 12.3. The average molecular weight is 499 g/mol. The van der Waals surface area contributed by atoms with E-state index < -0.39 is 6.04 Å². The van der Waals surface area contributed by atoms with Crippen LogP contribution in [0.2, 0.25) is 0 Å². The summed E-state index contributed by atoms with van der Waals surface area (Å²) in [5.41, 5.74) is 3.80. The molecule has 0 radical (unpaired) electrons. The molecule has 3 aromatic rings. The number of aryl methyl sites for hydroxylation is 1. The van der Waals surface area contributed by atoms with Crippen molar-refractivity contribution in [3.05, 3.63) is 54.0 Å². The highest BCUT2D eigenvalue weighted by Crippen LogP contribution is 2.33. The van der Waals surface area contributed by atoms with Crippen LogP contribution in [-0.2, 0) is 4.79 Å². The second-order valence-corrected chi connectivity index (χ2v) is 9.79. The number of likely N-dealkylation sites (tertiary alicyclic amines) is 1. The van der Waals surface area contributed by atoms with Crippen LogP contribution in [0.25, 0.3) is 11.3 Å². The molecule has 2 aliphatic rings. The van der Waals surface area contributed by atoms with E-state index in [4.69, 9.17) is 10.2 Å². The summed E-state index contributed by atoms with van der Waals surface area (Å²) in [5.74, 6) is 0.751. The molecule has 0 spiro atoms. The van der Waals surface area contributed by atoms with E-state index in [9.17, 15) is 9.59 Å². The molecule has 1 atom stereocenters. The first-order valence-corrected chi connectivity index (χ1v) is 12.7. The second-order valence-electron chi connectivity index (χ2n) is 9.79. The molecule has 0 bridgehead atoms. The molecule has 1 aromatic carbocycles. The molecule has 2 aromatic heterocycles. The summed E-state index contributed by atoms with van der Waals surface area (Å²) in [5, 5.41) is 19.3. The predicted molar refractivity (Wildman–Crippen MR) is 138 cm³/mol. The quantitative estimate of drug-likeness (QED) is 0.509. The maximum atomic E-state index is 12.3. The van der Waals surface area contributed by atoms with Crippen LogP contribution in [0.5, 0.6) is 0 Å². The molecule has 3 heterocycles. The minimum absolute atomic E-state index is 0.264. The molecular formula is C27H30N8O2. The smallest absolute Gasteiger partial charge is 0.252 e. The summed E-state index contributed by atoms with van der Waals surface area (Å²) in [7, 11) is 0. The number of amides is 2. The number of aromatic nitrogens is 4. The average Bonchev–Trinajstić information content (AvgIpc) is 3.67. The standard InChI is InChI=1S/C27H30N8O2/c1-17-14-29-27(33-24(17)19-3-5-20(6-4-19)25(36)31-18(2)13-28)32-22-15-30-35(16-22)23-9-11-34(12-10-23)26(37)21-7-8-21/h3-6,14-16,18,21,23H,7-12H2,1-2H3,(H,31,36)(H,29,32,33)/t18-/m0/s1. The number of carbonyl (C=O) groups excluding carboxylic acids is 2. The van der Waals surface area contributed by atoms with Crippen LogP contribution in [0.4, 0.5) is 11.6 Å².